The van der Waals surface area contributed by atoms with Gasteiger partial charge >= 0.3 is 0 Å². The van der Waals surface area contributed by atoms with Crippen molar-refractivity contribution in [1.82, 2.24) is 0 Å². The van der Waals surface area contributed by atoms with Gasteiger partial charge in [0.2, 0.25) is 6.41 Å². The molecule has 0 fully saturated rings. The predicted octanol–water partition coefficient (Wildman–Crippen LogP) is 2.44. The summed E-state index contributed by atoms with van der Waals surface area (Å²) in [5, 5.41) is 12.3. The molecule has 0 aromatic heterocycles. The summed E-state index contributed by atoms with van der Waals surface area (Å²) in [5.41, 5.74) is 2.01. The topological polar surface area (TPSA) is 58.6 Å². The number of ether oxygens (including phenoxy) is 1. The minimum atomic E-state index is 0.139. The first-order valence-electron chi connectivity index (χ1n) is 5.34. The lowest BCUT2D eigenvalue weighted by Crippen LogP contribution is -1.97. The van der Waals surface area contributed by atoms with Gasteiger partial charge in [-0.25, -0.2) is 0 Å². The lowest BCUT2D eigenvalue weighted by molar-refractivity contribution is -0.105. The molecule has 0 aliphatic heterocycles. The van der Waals surface area contributed by atoms with Gasteiger partial charge in [-0.3, -0.25) is 4.79 Å². The van der Waals surface area contributed by atoms with Crippen LogP contribution in [-0.4, -0.2) is 18.6 Å². The fourth-order valence-corrected chi connectivity index (χ4v) is 1.72. The molecule has 2 rings (SSSR count). The molecule has 2 N–H and O–H groups in total. The highest BCUT2D eigenvalue weighted by Gasteiger charge is 2.08. The molecule has 0 heterocycles. The van der Waals surface area contributed by atoms with Crippen molar-refractivity contribution in [2.75, 3.05) is 12.4 Å². The number of hydrogen-bond acceptors (Lipinski definition) is 3. The van der Waals surface area contributed by atoms with Crippen LogP contribution in [0.1, 0.15) is 0 Å². The number of hydrogen-bond donors (Lipinski definition) is 2. The smallest absolute Gasteiger partial charge is 0.211 e. The third-order valence-electron chi connectivity index (χ3n) is 2.57. The number of benzene rings is 2. The van der Waals surface area contributed by atoms with Crippen LogP contribution in [0.3, 0.4) is 0 Å². The molecule has 0 bridgehead atoms. The van der Waals surface area contributed by atoms with Crippen LogP contribution in [0.25, 0.3) is 11.1 Å². The van der Waals surface area contributed by atoms with Crippen LogP contribution < -0.4 is 10.1 Å². The predicted molar refractivity (Wildman–Crippen MR) is 68.6 cm³/mol. The second-order valence-electron chi connectivity index (χ2n) is 3.62. The number of amides is 1. The van der Waals surface area contributed by atoms with E-state index in [1.54, 1.807) is 24.3 Å². The Morgan fingerprint density at radius 1 is 1.39 bits per heavy atom. The molecule has 0 atom stereocenters. The molecule has 4 nitrogen and oxygen atoms in total. The summed E-state index contributed by atoms with van der Waals surface area (Å²) in [6.45, 7) is 0. The van der Waals surface area contributed by atoms with Gasteiger partial charge in [-0.2, -0.15) is 0 Å². The Hall–Kier alpha value is -2.49. The molecule has 4 heteroatoms. The average molecular weight is 242 g/mol. The van der Waals surface area contributed by atoms with Gasteiger partial charge in [0.15, 0.2) is 0 Å². The molecule has 0 unspecified atom stereocenters. The Kier molecular flexibility index (Phi) is 3.48. The normalized spacial score (nSPS) is 9.83. The Bertz CT molecular complexity index is 567. The lowest BCUT2D eigenvalue weighted by atomic mass is 10.0. The average Bonchev–Trinajstić information content (AvgIpc) is 2.40. The summed E-state index contributed by atoms with van der Waals surface area (Å²) in [6, 6.07) is 13.0. The molecule has 0 aliphatic rings. The van der Waals surface area contributed by atoms with Crippen molar-refractivity contribution in [3.63, 3.8) is 0 Å². The molecule has 91 valence electrons. The maximum atomic E-state index is 10.5. The van der Waals surface area contributed by atoms with Gasteiger partial charge in [-0.15, -0.1) is 0 Å². The van der Waals surface area contributed by atoms with E-state index in [9.17, 15) is 9.90 Å². The third kappa shape index (κ3) is 2.27. The molecular weight excluding hydrogens is 230 g/mol. The van der Waals surface area contributed by atoms with Crippen LogP contribution in [-0.2, 0) is 4.79 Å². The largest absolute Gasteiger partial charge is 0.507 e. The maximum absolute atomic E-state index is 10.5. The highest BCUT2D eigenvalue weighted by atomic mass is 16.5. The number of aromatic hydroxyl groups is 1. The van der Waals surface area contributed by atoms with E-state index in [4.69, 9.17) is 4.74 Å². The quantitative estimate of drug-likeness (QED) is 0.809. The number of carbonyl (C=O) groups is 1. The van der Waals surface area contributed by atoms with E-state index >= 15 is 0 Å². The molecule has 0 saturated carbocycles. The zero-order chi connectivity index (χ0) is 13.0. The molecule has 1 amide bonds. The molecule has 0 spiro atoms. The Morgan fingerprint density at radius 2 is 2.22 bits per heavy atom. The van der Waals surface area contributed by atoms with Gasteiger partial charge in [-0.1, -0.05) is 18.2 Å². The van der Waals surface area contributed by atoms with Crippen molar-refractivity contribution >= 4 is 12.1 Å². The van der Waals surface area contributed by atoms with Gasteiger partial charge < -0.3 is 15.2 Å². The number of rotatable bonds is 4. The Balaban J connectivity index is 2.50. The summed E-state index contributed by atoms with van der Waals surface area (Å²) in [4.78, 5) is 10.5. The van der Waals surface area contributed by atoms with E-state index in [1.165, 1.54) is 13.2 Å². The van der Waals surface area contributed by atoms with E-state index in [-0.39, 0.29) is 5.75 Å². The summed E-state index contributed by atoms with van der Waals surface area (Å²) < 4.78 is 5.13. The zero-order valence-corrected chi connectivity index (χ0v) is 9.81. The highest BCUT2D eigenvalue weighted by molar-refractivity contribution is 5.81. The number of methoxy groups -OCH3 is 1. The molecule has 2 aromatic rings. The van der Waals surface area contributed by atoms with Crippen LogP contribution >= 0.6 is 0 Å². The molecular formula is C14H12NO3. The lowest BCUT2D eigenvalue weighted by Gasteiger charge is -2.10. The number of nitrogens with one attached hydrogen (secondary N) is 1. The van der Waals surface area contributed by atoms with Crippen LogP contribution in [0.5, 0.6) is 11.5 Å². The van der Waals surface area contributed by atoms with Crippen LogP contribution in [0.15, 0.2) is 36.4 Å². The summed E-state index contributed by atoms with van der Waals surface area (Å²) in [5.74, 6) is 0.701. The number of anilines is 1. The van der Waals surface area contributed by atoms with E-state index in [0.717, 1.165) is 5.56 Å². The minimum absolute atomic E-state index is 0.139. The van der Waals surface area contributed by atoms with Gasteiger partial charge in [0, 0.05) is 5.56 Å². The summed E-state index contributed by atoms with van der Waals surface area (Å²) in [7, 11) is 1.53. The summed E-state index contributed by atoms with van der Waals surface area (Å²) >= 11 is 0. The van der Waals surface area contributed by atoms with Gasteiger partial charge in [-0.05, 0) is 29.8 Å². The van der Waals surface area contributed by atoms with Gasteiger partial charge in [0.25, 0.3) is 0 Å². The second-order valence-corrected chi connectivity index (χ2v) is 3.62. The SMILES string of the molecule is COc1ccc(-c2cc[c]cc2O)cc1NC=O. The zero-order valence-electron chi connectivity index (χ0n) is 9.81. The van der Waals surface area contributed by atoms with Crippen molar-refractivity contribution in [1.29, 1.82) is 0 Å². The van der Waals surface area contributed by atoms with Crippen molar-refractivity contribution in [3.8, 4) is 22.6 Å². The standard InChI is InChI=1S/C14H12NO3/c1-18-14-7-6-10(8-12(14)15-9-16)11-4-2-3-5-13(11)17/h2,4-9,17H,1H3,(H,15,16). The van der Waals surface area contributed by atoms with Crippen LogP contribution in [0, 0.1) is 6.07 Å². The fraction of sp³-hybridized carbons (Fsp3) is 0.0714. The van der Waals surface area contributed by atoms with E-state index in [1.807, 2.05) is 6.07 Å². The number of phenolic OH excluding ortho intramolecular Hbond substituents is 1. The minimum Gasteiger partial charge on any atom is -0.507 e. The van der Waals surface area contributed by atoms with Gasteiger partial charge in [0.05, 0.1) is 12.8 Å². The molecule has 0 aliphatic carbocycles. The Morgan fingerprint density at radius 3 is 2.89 bits per heavy atom. The number of carbonyl (C=O) groups excluding carboxylic acids is 1. The van der Waals surface area contributed by atoms with Crippen molar-refractivity contribution in [3.05, 3.63) is 42.5 Å². The first-order valence-corrected chi connectivity index (χ1v) is 5.34. The van der Waals surface area contributed by atoms with Crippen molar-refractivity contribution < 1.29 is 14.6 Å². The molecule has 0 saturated heterocycles. The molecule has 2 aromatic carbocycles. The van der Waals surface area contributed by atoms with Crippen molar-refractivity contribution in [2.24, 2.45) is 0 Å². The first-order chi connectivity index (χ1) is 8.76. The molecule has 1 radical (unpaired) electrons. The van der Waals surface area contributed by atoms with Crippen LogP contribution in [0.2, 0.25) is 0 Å². The number of phenols is 1. The molecule has 18 heavy (non-hydrogen) atoms. The maximum Gasteiger partial charge on any atom is 0.211 e. The van der Waals surface area contributed by atoms with E-state index < -0.39 is 0 Å². The van der Waals surface area contributed by atoms with Crippen molar-refractivity contribution in [2.45, 2.75) is 0 Å². The van der Waals surface area contributed by atoms with Gasteiger partial charge in [0.1, 0.15) is 11.5 Å². The third-order valence-corrected chi connectivity index (χ3v) is 2.57. The Labute approximate surface area is 105 Å². The first kappa shape index (κ1) is 12.0. The summed E-state index contributed by atoms with van der Waals surface area (Å²) in [6.07, 6.45) is 0.584. The van der Waals surface area contributed by atoms with Crippen LogP contribution in [0.4, 0.5) is 5.69 Å². The second kappa shape index (κ2) is 5.23. The van der Waals surface area contributed by atoms with E-state index in [2.05, 4.69) is 11.4 Å². The van der Waals surface area contributed by atoms with E-state index in [0.29, 0.717) is 23.4 Å². The monoisotopic (exact) mass is 242 g/mol. The highest BCUT2D eigenvalue weighted by Crippen LogP contribution is 2.34. The fourth-order valence-electron chi connectivity index (χ4n) is 1.72.